The van der Waals surface area contributed by atoms with Gasteiger partial charge in [-0.05, 0) is 56.9 Å². The molecule has 1 aliphatic carbocycles. The summed E-state index contributed by atoms with van der Waals surface area (Å²) in [5, 5.41) is 15.9. The maximum Gasteiger partial charge on any atom is 0.327 e. The summed E-state index contributed by atoms with van der Waals surface area (Å²) in [5.41, 5.74) is 5.05. The molecule has 1 aromatic rings. The number of ether oxygens (including phenoxy) is 2. The minimum atomic E-state index is -1.17. The average molecular weight is 730 g/mol. The van der Waals surface area contributed by atoms with Gasteiger partial charge in [0.05, 0.1) is 42.2 Å². The topological polar surface area (TPSA) is 181 Å². The van der Waals surface area contributed by atoms with E-state index in [9.17, 15) is 29.1 Å². The molecule has 0 bridgehead atoms. The van der Waals surface area contributed by atoms with Crippen LogP contribution >= 0.6 is 0 Å². The quantitative estimate of drug-likeness (QED) is 0.167. The van der Waals surface area contributed by atoms with Crippen molar-refractivity contribution < 1.29 is 38.6 Å². The van der Waals surface area contributed by atoms with Crippen molar-refractivity contribution in [1.29, 1.82) is 0 Å². The molecule has 5 N–H and O–H groups in total. The zero-order valence-electron chi connectivity index (χ0n) is 32.8. The van der Waals surface area contributed by atoms with Gasteiger partial charge in [0, 0.05) is 33.2 Å². The van der Waals surface area contributed by atoms with Crippen LogP contribution in [0.4, 0.5) is 0 Å². The second-order valence-corrected chi connectivity index (χ2v) is 15.8. The lowest BCUT2D eigenvalue weighted by molar-refractivity contribution is -0.148. The number of likely N-dealkylation sites (N-methyl/N-ethyl adjacent to an activating group) is 1. The SMILES string of the molecule is CC[C@H](C)[C@@H]([C@@H](CC(=O)N1CCC[C@H]1[C@H](OC)[C@@H](C)C(=O)N[C@H](C(=O)O)C1(c2ccccc2)CC1)OC)N(C)C(=O)[C@@H](NC(=O)C(C)(C)N)C(C)C. The Hall–Kier alpha value is -3.55. The minimum Gasteiger partial charge on any atom is -0.480 e. The van der Waals surface area contributed by atoms with E-state index in [0.717, 1.165) is 5.56 Å². The molecule has 2 aliphatic rings. The van der Waals surface area contributed by atoms with Crippen LogP contribution in [0.2, 0.25) is 0 Å². The van der Waals surface area contributed by atoms with Crippen LogP contribution in [0.25, 0.3) is 0 Å². The fraction of sp³-hybridized carbons (Fsp3) is 0.718. The fourth-order valence-electron chi connectivity index (χ4n) is 7.73. The predicted octanol–water partition coefficient (Wildman–Crippen LogP) is 3.09. The molecule has 292 valence electrons. The number of carboxylic acid groups (broad SMARTS) is 1. The number of methoxy groups -OCH3 is 2. The molecule has 1 saturated carbocycles. The molecule has 8 atom stereocenters. The Labute approximate surface area is 309 Å². The number of benzene rings is 1. The predicted molar refractivity (Wildman–Crippen MR) is 198 cm³/mol. The Morgan fingerprint density at radius 3 is 2.13 bits per heavy atom. The van der Waals surface area contributed by atoms with Crippen molar-refractivity contribution >= 4 is 29.6 Å². The number of aliphatic carboxylic acids is 1. The van der Waals surface area contributed by atoms with E-state index < -0.39 is 71.0 Å². The Morgan fingerprint density at radius 2 is 1.65 bits per heavy atom. The first kappa shape index (κ1) is 42.9. The highest BCUT2D eigenvalue weighted by Crippen LogP contribution is 2.51. The molecule has 0 unspecified atom stereocenters. The van der Waals surface area contributed by atoms with Crippen molar-refractivity contribution in [2.45, 2.75) is 134 Å². The summed E-state index contributed by atoms with van der Waals surface area (Å²) in [7, 11) is 4.71. The molecule has 2 fully saturated rings. The van der Waals surface area contributed by atoms with Crippen LogP contribution in [0.3, 0.4) is 0 Å². The standard InChI is InChI=1S/C39H63N5O8/c1-11-24(4)31(43(8)35(47)30(23(2)3)41-37(50)38(6,7)40)28(51-9)22-29(45)44-21-15-18-27(44)32(52-10)25(5)34(46)42-33(36(48)49)39(19-20-39)26-16-13-12-14-17-26/h12-14,16-17,23-25,27-28,30-33H,11,15,18-22,40H2,1-10H3,(H,41,50)(H,42,46)(H,48,49)/t24-,25+,27-,28+,30-,31-,32+,33+/m0/s1. The van der Waals surface area contributed by atoms with Gasteiger partial charge in [0.15, 0.2) is 0 Å². The number of nitrogens with one attached hydrogen (secondary N) is 2. The molecule has 52 heavy (non-hydrogen) atoms. The van der Waals surface area contributed by atoms with Gasteiger partial charge in [0.25, 0.3) is 0 Å². The molecule has 0 aromatic heterocycles. The normalized spacial score (nSPS) is 20.9. The Balaban J connectivity index is 1.79. The van der Waals surface area contributed by atoms with E-state index in [1.807, 2.05) is 58.0 Å². The van der Waals surface area contributed by atoms with E-state index in [-0.39, 0.29) is 30.1 Å². The molecular weight excluding hydrogens is 666 g/mol. The molecule has 1 heterocycles. The third-order valence-electron chi connectivity index (χ3n) is 11.3. The van der Waals surface area contributed by atoms with E-state index in [0.29, 0.717) is 38.6 Å². The first-order valence-electron chi connectivity index (χ1n) is 18.7. The second-order valence-electron chi connectivity index (χ2n) is 15.8. The van der Waals surface area contributed by atoms with E-state index in [1.165, 1.54) is 14.2 Å². The summed E-state index contributed by atoms with van der Waals surface area (Å²) in [6.45, 7) is 13.0. The Bertz CT molecular complexity index is 1390. The first-order valence-corrected chi connectivity index (χ1v) is 18.7. The van der Waals surface area contributed by atoms with Gasteiger partial charge >= 0.3 is 5.97 Å². The number of hydrogen-bond donors (Lipinski definition) is 4. The van der Waals surface area contributed by atoms with Gasteiger partial charge in [0.1, 0.15) is 12.1 Å². The van der Waals surface area contributed by atoms with Crippen molar-refractivity contribution in [3.05, 3.63) is 35.9 Å². The second kappa shape index (κ2) is 18.0. The van der Waals surface area contributed by atoms with Gasteiger partial charge in [0.2, 0.25) is 23.6 Å². The van der Waals surface area contributed by atoms with Gasteiger partial charge in [-0.3, -0.25) is 19.2 Å². The van der Waals surface area contributed by atoms with E-state index >= 15 is 0 Å². The molecule has 1 aromatic carbocycles. The number of rotatable bonds is 19. The Kier molecular flexibility index (Phi) is 14.8. The lowest BCUT2D eigenvalue weighted by Gasteiger charge is -2.41. The lowest BCUT2D eigenvalue weighted by atomic mass is 9.87. The van der Waals surface area contributed by atoms with Gasteiger partial charge in [-0.25, -0.2) is 4.79 Å². The number of carbonyl (C=O) groups is 5. The number of carbonyl (C=O) groups excluding carboxylic acids is 4. The number of nitrogens with zero attached hydrogens (tertiary/aromatic N) is 2. The highest BCUT2D eigenvalue weighted by Gasteiger charge is 2.55. The molecule has 13 nitrogen and oxygen atoms in total. The first-order chi connectivity index (χ1) is 24.4. The summed E-state index contributed by atoms with van der Waals surface area (Å²) in [6.07, 6.45) is 1.94. The molecule has 4 amide bonds. The van der Waals surface area contributed by atoms with Gasteiger partial charge in [-0.2, -0.15) is 0 Å². The molecule has 1 aliphatic heterocycles. The van der Waals surface area contributed by atoms with Gasteiger partial charge < -0.3 is 40.7 Å². The summed E-state index contributed by atoms with van der Waals surface area (Å²) < 4.78 is 11.9. The van der Waals surface area contributed by atoms with Crippen LogP contribution in [0.15, 0.2) is 30.3 Å². The zero-order chi connectivity index (χ0) is 39.1. The summed E-state index contributed by atoms with van der Waals surface area (Å²) >= 11 is 0. The van der Waals surface area contributed by atoms with Crippen LogP contribution in [0.5, 0.6) is 0 Å². The van der Waals surface area contributed by atoms with Crippen molar-refractivity contribution in [1.82, 2.24) is 20.4 Å². The fourth-order valence-corrected chi connectivity index (χ4v) is 7.73. The lowest BCUT2D eigenvalue weighted by Crippen LogP contribution is -2.60. The average Bonchev–Trinajstić information content (AvgIpc) is 3.76. The van der Waals surface area contributed by atoms with Crippen LogP contribution in [-0.2, 0) is 38.9 Å². The van der Waals surface area contributed by atoms with Crippen molar-refractivity contribution in [3.8, 4) is 0 Å². The van der Waals surface area contributed by atoms with Crippen LogP contribution in [0.1, 0.15) is 92.6 Å². The monoisotopic (exact) mass is 729 g/mol. The third-order valence-corrected chi connectivity index (χ3v) is 11.3. The van der Waals surface area contributed by atoms with Crippen LogP contribution in [0, 0.1) is 17.8 Å². The third kappa shape index (κ3) is 9.70. The summed E-state index contributed by atoms with van der Waals surface area (Å²) in [4.78, 5) is 70.5. The largest absolute Gasteiger partial charge is 0.480 e. The number of carboxylic acids is 1. The molecule has 13 heteroatoms. The van der Waals surface area contributed by atoms with Crippen LogP contribution < -0.4 is 16.4 Å². The number of likely N-dealkylation sites (tertiary alicyclic amines) is 1. The summed E-state index contributed by atoms with van der Waals surface area (Å²) in [6, 6.07) is 6.55. The molecule has 3 rings (SSSR count). The van der Waals surface area contributed by atoms with Crippen molar-refractivity contribution in [3.63, 3.8) is 0 Å². The molecule has 0 radical (unpaired) electrons. The highest BCUT2D eigenvalue weighted by atomic mass is 16.5. The smallest absolute Gasteiger partial charge is 0.327 e. The maximum atomic E-state index is 14.1. The number of nitrogens with two attached hydrogens (primary N) is 1. The molecule has 0 spiro atoms. The van der Waals surface area contributed by atoms with E-state index in [4.69, 9.17) is 15.2 Å². The number of hydrogen-bond acceptors (Lipinski definition) is 8. The van der Waals surface area contributed by atoms with E-state index in [1.54, 1.807) is 37.6 Å². The zero-order valence-corrected chi connectivity index (χ0v) is 32.8. The molecule has 1 saturated heterocycles. The highest BCUT2D eigenvalue weighted by molar-refractivity contribution is 5.92. The van der Waals surface area contributed by atoms with Gasteiger partial charge in [-0.15, -0.1) is 0 Å². The maximum absolute atomic E-state index is 14.1. The van der Waals surface area contributed by atoms with Crippen LogP contribution in [-0.4, -0.2) is 114 Å². The summed E-state index contributed by atoms with van der Waals surface area (Å²) in [5.74, 6) is -3.51. The van der Waals surface area contributed by atoms with Crippen molar-refractivity contribution in [2.75, 3.05) is 27.8 Å². The van der Waals surface area contributed by atoms with Crippen molar-refractivity contribution in [2.24, 2.45) is 23.5 Å². The Morgan fingerprint density at radius 1 is 1.04 bits per heavy atom. The van der Waals surface area contributed by atoms with E-state index in [2.05, 4.69) is 10.6 Å². The molecular formula is C39H63N5O8. The minimum absolute atomic E-state index is 0.0220. The van der Waals surface area contributed by atoms with Gasteiger partial charge in [-0.1, -0.05) is 71.4 Å². The number of amides is 4.